The number of hydrogen-bond acceptors (Lipinski definition) is 5. The summed E-state index contributed by atoms with van der Waals surface area (Å²) >= 11 is 0. The molecule has 1 atom stereocenters. The van der Waals surface area contributed by atoms with Crippen molar-refractivity contribution in [3.05, 3.63) is 112 Å². The molecule has 160 valence electrons. The van der Waals surface area contributed by atoms with Crippen LogP contribution < -0.4 is 0 Å². The number of nitrogens with zero attached hydrogens (tertiary/aromatic N) is 3. The normalized spacial score (nSPS) is 16.3. The third kappa shape index (κ3) is 5.17. The number of non-ortho nitro benzene ring substituents is 1. The van der Waals surface area contributed by atoms with Crippen molar-refractivity contribution in [2.24, 2.45) is 0 Å². The molecular formula is C25H27N3O3. The summed E-state index contributed by atoms with van der Waals surface area (Å²) in [5, 5.41) is 21.4. The zero-order valence-electron chi connectivity index (χ0n) is 17.4. The van der Waals surface area contributed by atoms with E-state index in [-0.39, 0.29) is 11.7 Å². The molecule has 0 bridgehead atoms. The minimum absolute atomic E-state index is 0.0393. The van der Waals surface area contributed by atoms with Crippen LogP contribution in [0.15, 0.2) is 84.9 Å². The highest BCUT2D eigenvalue weighted by atomic mass is 16.6. The number of nitro groups is 1. The number of hydrogen-bond donors (Lipinski definition) is 1. The van der Waals surface area contributed by atoms with Crippen molar-refractivity contribution in [1.82, 2.24) is 9.80 Å². The summed E-state index contributed by atoms with van der Waals surface area (Å²) in [6, 6.07) is 27.5. The number of aliphatic hydroxyl groups is 1. The molecule has 6 nitrogen and oxygen atoms in total. The van der Waals surface area contributed by atoms with E-state index >= 15 is 0 Å². The van der Waals surface area contributed by atoms with E-state index in [2.05, 4.69) is 58.3 Å². The Morgan fingerprint density at radius 3 is 1.77 bits per heavy atom. The van der Waals surface area contributed by atoms with Crippen molar-refractivity contribution in [3.63, 3.8) is 0 Å². The molecule has 6 heteroatoms. The van der Waals surface area contributed by atoms with Crippen molar-refractivity contribution in [1.29, 1.82) is 0 Å². The molecular weight excluding hydrogens is 390 g/mol. The lowest BCUT2D eigenvalue weighted by atomic mass is 9.96. The molecule has 1 heterocycles. The van der Waals surface area contributed by atoms with Crippen LogP contribution in [0.2, 0.25) is 0 Å². The van der Waals surface area contributed by atoms with Gasteiger partial charge in [0.25, 0.3) is 5.69 Å². The van der Waals surface area contributed by atoms with Crippen molar-refractivity contribution in [2.75, 3.05) is 32.7 Å². The van der Waals surface area contributed by atoms with E-state index in [9.17, 15) is 15.2 Å². The van der Waals surface area contributed by atoms with Crippen LogP contribution in [0.25, 0.3) is 0 Å². The van der Waals surface area contributed by atoms with Gasteiger partial charge in [-0.25, -0.2) is 0 Å². The van der Waals surface area contributed by atoms with Gasteiger partial charge in [0, 0.05) is 44.9 Å². The van der Waals surface area contributed by atoms with Crippen molar-refractivity contribution in [3.8, 4) is 0 Å². The molecule has 4 rings (SSSR count). The first-order chi connectivity index (χ1) is 15.1. The van der Waals surface area contributed by atoms with Crippen LogP contribution in [0.5, 0.6) is 0 Å². The molecule has 0 spiro atoms. The Kier molecular flexibility index (Phi) is 6.72. The summed E-state index contributed by atoms with van der Waals surface area (Å²) in [5.74, 6) is 0. The van der Waals surface area contributed by atoms with Gasteiger partial charge in [0.05, 0.1) is 17.1 Å². The summed E-state index contributed by atoms with van der Waals surface area (Å²) in [5.41, 5.74) is 3.32. The Hall–Kier alpha value is -3.06. The SMILES string of the molecule is O=[N+]([O-])c1ccc(C(O)CN2CCN(C(c3ccccc3)c3ccccc3)CC2)cc1. The van der Waals surface area contributed by atoms with E-state index in [0.717, 1.165) is 26.2 Å². The maximum atomic E-state index is 10.8. The first-order valence-corrected chi connectivity index (χ1v) is 10.6. The first-order valence-electron chi connectivity index (χ1n) is 10.6. The maximum Gasteiger partial charge on any atom is 0.269 e. The molecule has 31 heavy (non-hydrogen) atoms. The summed E-state index contributed by atoms with van der Waals surface area (Å²) in [4.78, 5) is 15.2. The Labute approximate surface area is 182 Å². The molecule has 1 aliphatic heterocycles. The van der Waals surface area contributed by atoms with Gasteiger partial charge in [-0.2, -0.15) is 0 Å². The molecule has 0 aliphatic carbocycles. The molecule has 0 radical (unpaired) electrons. The fraction of sp³-hybridized carbons (Fsp3) is 0.280. The van der Waals surface area contributed by atoms with Crippen LogP contribution in [-0.4, -0.2) is 52.6 Å². The van der Waals surface area contributed by atoms with Gasteiger partial charge in [0.15, 0.2) is 0 Å². The molecule has 1 fully saturated rings. The monoisotopic (exact) mass is 417 g/mol. The quantitative estimate of drug-likeness (QED) is 0.464. The highest BCUT2D eigenvalue weighted by Gasteiger charge is 2.27. The summed E-state index contributed by atoms with van der Waals surface area (Å²) in [7, 11) is 0. The van der Waals surface area contributed by atoms with Gasteiger partial charge in [0.1, 0.15) is 0 Å². The largest absolute Gasteiger partial charge is 0.387 e. The zero-order chi connectivity index (χ0) is 21.6. The predicted octanol–water partition coefficient (Wildman–Crippen LogP) is 4.04. The fourth-order valence-electron chi connectivity index (χ4n) is 4.26. The number of rotatable bonds is 7. The minimum Gasteiger partial charge on any atom is -0.387 e. The zero-order valence-corrected chi connectivity index (χ0v) is 17.4. The summed E-state index contributed by atoms with van der Waals surface area (Å²) in [6.07, 6.45) is -0.661. The number of aliphatic hydroxyl groups excluding tert-OH is 1. The van der Waals surface area contributed by atoms with E-state index in [1.807, 2.05) is 12.1 Å². The molecule has 3 aromatic carbocycles. The second-order valence-corrected chi connectivity index (χ2v) is 7.92. The third-order valence-corrected chi connectivity index (χ3v) is 5.92. The van der Waals surface area contributed by atoms with E-state index < -0.39 is 11.0 Å². The van der Waals surface area contributed by atoms with Crippen molar-refractivity contribution < 1.29 is 10.0 Å². The standard InChI is InChI=1S/C25H27N3O3/c29-24(20-11-13-23(14-12-20)28(30)31)19-26-15-17-27(18-16-26)25(21-7-3-1-4-8-21)22-9-5-2-6-10-22/h1-14,24-25,29H,15-19H2. The van der Waals surface area contributed by atoms with E-state index in [1.54, 1.807) is 12.1 Å². The third-order valence-electron chi connectivity index (χ3n) is 5.92. The van der Waals surface area contributed by atoms with E-state index in [4.69, 9.17) is 0 Å². The van der Waals surface area contributed by atoms with Crippen LogP contribution >= 0.6 is 0 Å². The fourth-order valence-corrected chi connectivity index (χ4v) is 4.26. The van der Waals surface area contributed by atoms with Gasteiger partial charge >= 0.3 is 0 Å². The van der Waals surface area contributed by atoms with Gasteiger partial charge in [0.2, 0.25) is 0 Å². The Morgan fingerprint density at radius 2 is 1.29 bits per heavy atom. The van der Waals surface area contributed by atoms with Crippen LogP contribution in [0.1, 0.15) is 28.8 Å². The summed E-state index contributed by atoms with van der Waals surface area (Å²) < 4.78 is 0. The second kappa shape index (κ2) is 9.83. The maximum absolute atomic E-state index is 10.8. The predicted molar refractivity (Wildman–Crippen MR) is 121 cm³/mol. The highest BCUT2D eigenvalue weighted by Crippen LogP contribution is 2.29. The molecule has 0 aromatic heterocycles. The molecule has 3 aromatic rings. The lowest BCUT2D eigenvalue weighted by molar-refractivity contribution is -0.384. The van der Waals surface area contributed by atoms with Gasteiger partial charge in [-0.1, -0.05) is 60.7 Å². The Balaban J connectivity index is 1.40. The van der Waals surface area contributed by atoms with Crippen molar-refractivity contribution >= 4 is 5.69 Å². The van der Waals surface area contributed by atoms with E-state index in [0.29, 0.717) is 12.1 Å². The molecule has 0 saturated carbocycles. The lowest BCUT2D eigenvalue weighted by Crippen LogP contribution is -2.48. The average Bonchev–Trinajstić information content (AvgIpc) is 2.82. The molecule has 1 unspecified atom stereocenters. The van der Waals surface area contributed by atoms with Crippen LogP contribution in [-0.2, 0) is 0 Å². The summed E-state index contributed by atoms with van der Waals surface area (Å²) in [6.45, 7) is 4.05. The Bertz CT molecular complexity index is 932. The lowest BCUT2D eigenvalue weighted by Gasteiger charge is -2.40. The molecule has 1 N–H and O–H groups in total. The van der Waals surface area contributed by atoms with Crippen molar-refractivity contribution in [2.45, 2.75) is 12.1 Å². The topological polar surface area (TPSA) is 69.8 Å². The molecule has 1 aliphatic rings. The highest BCUT2D eigenvalue weighted by molar-refractivity contribution is 5.34. The minimum atomic E-state index is -0.661. The van der Waals surface area contributed by atoms with E-state index in [1.165, 1.54) is 23.3 Å². The Morgan fingerprint density at radius 1 is 0.774 bits per heavy atom. The smallest absolute Gasteiger partial charge is 0.269 e. The number of nitro benzene ring substituents is 1. The van der Waals surface area contributed by atoms with Crippen LogP contribution in [0.3, 0.4) is 0 Å². The van der Waals surface area contributed by atoms with Gasteiger partial charge in [-0.05, 0) is 28.8 Å². The van der Waals surface area contributed by atoms with Gasteiger partial charge in [-0.3, -0.25) is 19.9 Å². The molecule has 1 saturated heterocycles. The van der Waals surface area contributed by atoms with Crippen LogP contribution in [0.4, 0.5) is 5.69 Å². The second-order valence-electron chi connectivity index (χ2n) is 7.92. The number of β-amino-alcohol motifs (C(OH)–C–C–N with tert-alkyl or cyclic N) is 1. The average molecular weight is 418 g/mol. The molecule has 0 amide bonds. The van der Waals surface area contributed by atoms with Crippen LogP contribution in [0, 0.1) is 10.1 Å². The number of benzene rings is 3. The number of piperazine rings is 1. The first kappa shape index (κ1) is 21.2. The van der Waals surface area contributed by atoms with Gasteiger partial charge in [-0.15, -0.1) is 0 Å². The van der Waals surface area contributed by atoms with Gasteiger partial charge < -0.3 is 5.11 Å².